The molecule has 0 aromatic heterocycles. The van der Waals surface area contributed by atoms with Gasteiger partial charge in [0.2, 0.25) is 5.91 Å². The summed E-state index contributed by atoms with van der Waals surface area (Å²) in [7, 11) is 0. The summed E-state index contributed by atoms with van der Waals surface area (Å²) in [5, 5.41) is 1.71. The predicted octanol–water partition coefficient (Wildman–Crippen LogP) is 0.977. The Kier molecular flexibility index (Phi) is 3.87. The summed E-state index contributed by atoms with van der Waals surface area (Å²) in [5.74, 6) is -0.831. The Balaban J connectivity index is 4.30. The zero-order chi connectivity index (χ0) is 11.6. The lowest BCUT2D eigenvalue weighted by Gasteiger charge is -2.22. The maximum Gasteiger partial charge on any atom is 0.405 e. The number of thiocarbonyl (C=S) groups is 1. The minimum Gasteiger partial charge on any atom is -0.392 e. The van der Waals surface area contributed by atoms with Crippen molar-refractivity contribution < 1.29 is 18.0 Å². The molecule has 82 valence electrons. The number of carbonyl (C=O) groups is 1. The Morgan fingerprint density at radius 3 is 2.14 bits per heavy atom. The monoisotopic (exact) mass is 228 g/mol. The molecule has 3 N–H and O–H groups in total. The van der Waals surface area contributed by atoms with Crippen LogP contribution < -0.4 is 11.1 Å². The van der Waals surface area contributed by atoms with Crippen LogP contribution in [0.25, 0.3) is 0 Å². The minimum atomic E-state index is -4.43. The number of amides is 1. The van der Waals surface area contributed by atoms with Crippen LogP contribution in [0.5, 0.6) is 0 Å². The van der Waals surface area contributed by atoms with Gasteiger partial charge in [0.15, 0.2) is 0 Å². The van der Waals surface area contributed by atoms with E-state index < -0.39 is 24.0 Å². The van der Waals surface area contributed by atoms with Gasteiger partial charge in [-0.25, -0.2) is 0 Å². The zero-order valence-electron chi connectivity index (χ0n) is 7.73. The van der Waals surface area contributed by atoms with Crippen molar-refractivity contribution in [1.82, 2.24) is 5.32 Å². The highest BCUT2D eigenvalue weighted by molar-refractivity contribution is 7.80. The van der Waals surface area contributed by atoms with Crippen LogP contribution in [0.2, 0.25) is 0 Å². The van der Waals surface area contributed by atoms with Gasteiger partial charge in [0.05, 0.1) is 10.4 Å². The molecule has 1 amide bonds. The third kappa shape index (κ3) is 3.91. The van der Waals surface area contributed by atoms with Crippen molar-refractivity contribution in [3.8, 4) is 0 Å². The number of hydrogen-bond donors (Lipinski definition) is 2. The second-order valence-corrected chi connectivity index (χ2v) is 3.73. The molecular weight excluding hydrogens is 217 g/mol. The van der Waals surface area contributed by atoms with Gasteiger partial charge in [-0.2, -0.15) is 13.2 Å². The highest BCUT2D eigenvalue weighted by Crippen LogP contribution is 2.17. The van der Waals surface area contributed by atoms with Gasteiger partial charge in [-0.3, -0.25) is 4.79 Å². The first kappa shape index (κ1) is 13.2. The Hall–Kier alpha value is -0.850. The van der Waals surface area contributed by atoms with Gasteiger partial charge >= 0.3 is 6.18 Å². The smallest absolute Gasteiger partial charge is 0.392 e. The number of rotatable bonds is 3. The minimum absolute atomic E-state index is 0.142. The molecule has 0 atom stereocenters. The number of nitrogens with two attached hydrogens (primary N) is 1. The second kappa shape index (κ2) is 4.12. The molecule has 0 fully saturated rings. The van der Waals surface area contributed by atoms with Crippen molar-refractivity contribution in [2.24, 2.45) is 11.1 Å². The molecule has 3 nitrogen and oxygen atoms in total. The van der Waals surface area contributed by atoms with Crippen LogP contribution in [0.3, 0.4) is 0 Å². The van der Waals surface area contributed by atoms with Crippen LogP contribution >= 0.6 is 12.2 Å². The summed E-state index contributed by atoms with van der Waals surface area (Å²) in [4.78, 5) is 11.0. The molecule has 0 radical (unpaired) electrons. The van der Waals surface area contributed by atoms with Crippen molar-refractivity contribution in [3.63, 3.8) is 0 Å². The highest BCUT2D eigenvalue weighted by atomic mass is 32.1. The average Bonchev–Trinajstić information content (AvgIpc) is 1.98. The Labute approximate surface area is 84.8 Å². The third-order valence-corrected chi connectivity index (χ3v) is 2.14. The van der Waals surface area contributed by atoms with Crippen LogP contribution in [0, 0.1) is 5.41 Å². The quantitative estimate of drug-likeness (QED) is 0.708. The first-order valence-corrected chi connectivity index (χ1v) is 4.13. The topological polar surface area (TPSA) is 55.1 Å². The van der Waals surface area contributed by atoms with E-state index in [1.807, 2.05) is 0 Å². The van der Waals surface area contributed by atoms with Crippen LogP contribution in [0.4, 0.5) is 13.2 Å². The van der Waals surface area contributed by atoms with Crippen molar-refractivity contribution in [2.45, 2.75) is 20.0 Å². The van der Waals surface area contributed by atoms with Gasteiger partial charge in [-0.05, 0) is 13.8 Å². The molecule has 0 aliphatic heterocycles. The SMILES string of the molecule is CC(C)(C(=O)NCC(F)(F)F)C(N)=S. The zero-order valence-corrected chi connectivity index (χ0v) is 8.55. The lowest BCUT2D eigenvalue weighted by atomic mass is 9.92. The number of nitrogens with one attached hydrogen (secondary N) is 1. The Bertz CT molecular complexity index is 250. The van der Waals surface area contributed by atoms with Gasteiger partial charge in [0.25, 0.3) is 0 Å². The molecule has 0 aliphatic rings. The summed E-state index contributed by atoms with van der Waals surface area (Å²) >= 11 is 4.55. The molecule has 0 aliphatic carbocycles. The molecule has 0 heterocycles. The second-order valence-electron chi connectivity index (χ2n) is 3.29. The largest absolute Gasteiger partial charge is 0.405 e. The lowest BCUT2D eigenvalue weighted by Crippen LogP contribution is -2.47. The van der Waals surface area contributed by atoms with Crippen molar-refractivity contribution in [2.75, 3.05) is 6.54 Å². The van der Waals surface area contributed by atoms with Gasteiger partial charge in [0, 0.05) is 0 Å². The standard InChI is InChI=1S/C7H11F3N2OS/c1-6(2,4(11)14)5(13)12-3-7(8,9)10/h3H2,1-2H3,(H2,11,14)(H,12,13). The maximum atomic E-state index is 11.7. The predicted molar refractivity (Wildman–Crippen MR) is 49.6 cm³/mol. The first-order chi connectivity index (χ1) is 6.07. The fraction of sp³-hybridized carbons (Fsp3) is 0.714. The normalized spacial score (nSPS) is 12.4. The average molecular weight is 228 g/mol. The third-order valence-electron chi connectivity index (χ3n) is 1.63. The Morgan fingerprint density at radius 1 is 1.43 bits per heavy atom. The van der Waals surface area contributed by atoms with Gasteiger partial charge in [0.1, 0.15) is 6.54 Å². The van der Waals surface area contributed by atoms with E-state index in [9.17, 15) is 18.0 Å². The summed E-state index contributed by atoms with van der Waals surface area (Å²) in [6.07, 6.45) is -4.43. The lowest BCUT2D eigenvalue weighted by molar-refractivity contribution is -0.141. The molecule has 0 bridgehead atoms. The molecule has 0 rings (SSSR count). The van der Waals surface area contributed by atoms with Crippen molar-refractivity contribution in [1.29, 1.82) is 0 Å². The number of hydrogen-bond acceptors (Lipinski definition) is 2. The van der Waals surface area contributed by atoms with Gasteiger partial charge in [-0.15, -0.1) is 0 Å². The van der Waals surface area contributed by atoms with E-state index in [2.05, 4.69) is 12.2 Å². The summed E-state index contributed by atoms with van der Waals surface area (Å²) in [6.45, 7) is 1.35. The van der Waals surface area contributed by atoms with Crippen LogP contribution in [0.1, 0.15) is 13.8 Å². The van der Waals surface area contributed by atoms with Crippen LogP contribution in [0.15, 0.2) is 0 Å². The first-order valence-electron chi connectivity index (χ1n) is 3.72. The molecule has 7 heteroatoms. The molecule has 14 heavy (non-hydrogen) atoms. The van der Waals surface area contributed by atoms with Gasteiger partial charge < -0.3 is 11.1 Å². The number of alkyl halides is 3. The van der Waals surface area contributed by atoms with Crippen molar-refractivity contribution >= 4 is 23.1 Å². The summed E-state index contributed by atoms with van der Waals surface area (Å²) in [5.41, 5.74) is 3.94. The molecule has 0 saturated carbocycles. The van der Waals surface area contributed by atoms with E-state index in [4.69, 9.17) is 5.73 Å². The number of halogens is 3. The summed E-state index contributed by atoms with van der Waals surface area (Å²) < 4.78 is 35.2. The fourth-order valence-corrected chi connectivity index (χ4v) is 0.606. The molecular formula is C7H11F3N2OS. The van der Waals surface area contributed by atoms with Crippen LogP contribution in [-0.4, -0.2) is 23.6 Å². The highest BCUT2D eigenvalue weighted by Gasteiger charge is 2.34. The van der Waals surface area contributed by atoms with E-state index in [1.54, 1.807) is 5.32 Å². The van der Waals surface area contributed by atoms with Gasteiger partial charge in [-0.1, -0.05) is 12.2 Å². The molecule has 0 spiro atoms. The Morgan fingerprint density at radius 2 is 1.86 bits per heavy atom. The summed E-state index contributed by atoms with van der Waals surface area (Å²) in [6, 6.07) is 0. The molecule has 0 unspecified atom stereocenters. The van der Waals surface area contributed by atoms with E-state index >= 15 is 0 Å². The molecule has 0 aromatic carbocycles. The fourth-order valence-electron chi connectivity index (χ4n) is 0.513. The van der Waals surface area contributed by atoms with E-state index in [-0.39, 0.29) is 4.99 Å². The molecule has 0 saturated heterocycles. The van der Waals surface area contributed by atoms with Crippen molar-refractivity contribution in [3.05, 3.63) is 0 Å². The van der Waals surface area contributed by atoms with E-state index in [0.29, 0.717) is 0 Å². The number of carbonyl (C=O) groups excluding carboxylic acids is 1. The van der Waals surface area contributed by atoms with E-state index in [0.717, 1.165) is 0 Å². The van der Waals surface area contributed by atoms with E-state index in [1.165, 1.54) is 13.8 Å². The maximum absolute atomic E-state index is 11.7. The molecule has 0 aromatic rings. The van der Waals surface area contributed by atoms with Crippen LogP contribution in [-0.2, 0) is 4.79 Å².